The Labute approximate surface area is 144 Å². The largest absolute Gasteiger partial charge is 0.493 e. The molecule has 0 fully saturated rings. The average Bonchev–Trinajstić information content (AvgIpc) is 2.56. The molecule has 23 heavy (non-hydrogen) atoms. The summed E-state index contributed by atoms with van der Waals surface area (Å²) in [6, 6.07) is 13.0. The van der Waals surface area contributed by atoms with Gasteiger partial charge in [0.25, 0.3) is 0 Å². The van der Waals surface area contributed by atoms with Crippen LogP contribution in [0.25, 0.3) is 0 Å². The Bertz CT molecular complexity index is 721. The monoisotopic (exact) mass is 350 g/mol. The van der Waals surface area contributed by atoms with Gasteiger partial charge in [-0.3, -0.25) is 4.79 Å². The minimum absolute atomic E-state index is 0.0379. The van der Waals surface area contributed by atoms with Crippen LogP contribution in [0.15, 0.2) is 42.5 Å². The number of anilines is 1. The SMILES string of the molecule is O=C(CNc1cccc(Cl)c1Cl)NC1CCOc2ccccc21. The van der Waals surface area contributed by atoms with Crippen molar-refractivity contribution in [1.29, 1.82) is 0 Å². The summed E-state index contributed by atoms with van der Waals surface area (Å²) in [6.45, 7) is 0.717. The van der Waals surface area contributed by atoms with Crippen molar-refractivity contribution < 1.29 is 9.53 Å². The maximum Gasteiger partial charge on any atom is 0.239 e. The zero-order valence-corrected chi connectivity index (χ0v) is 13.8. The predicted octanol–water partition coefficient (Wildman–Crippen LogP) is 4.05. The van der Waals surface area contributed by atoms with Gasteiger partial charge < -0.3 is 15.4 Å². The Kier molecular flexibility index (Phi) is 4.94. The van der Waals surface area contributed by atoms with Crippen molar-refractivity contribution in [3.05, 3.63) is 58.1 Å². The molecule has 1 amide bonds. The molecule has 0 radical (unpaired) electrons. The molecule has 2 N–H and O–H groups in total. The van der Waals surface area contributed by atoms with Crippen molar-refractivity contribution in [3.8, 4) is 5.75 Å². The number of rotatable bonds is 4. The smallest absolute Gasteiger partial charge is 0.239 e. The summed E-state index contributed by atoms with van der Waals surface area (Å²) < 4.78 is 5.59. The Balaban J connectivity index is 1.61. The summed E-state index contributed by atoms with van der Waals surface area (Å²) in [5, 5.41) is 6.90. The predicted molar refractivity (Wildman–Crippen MR) is 92.4 cm³/mol. The number of benzene rings is 2. The highest BCUT2D eigenvalue weighted by Crippen LogP contribution is 2.32. The van der Waals surface area contributed by atoms with E-state index in [9.17, 15) is 4.79 Å². The quantitative estimate of drug-likeness (QED) is 0.874. The van der Waals surface area contributed by atoms with E-state index in [1.165, 1.54) is 0 Å². The molecule has 120 valence electrons. The van der Waals surface area contributed by atoms with Crippen LogP contribution >= 0.6 is 23.2 Å². The summed E-state index contributed by atoms with van der Waals surface area (Å²) in [7, 11) is 0. The fourth-order valence-electron chi connectivity index (χ4n) is 2.55. The normalized spacial score (nSPS) is 16.2. The number of hydrogen-bond acceptors (Lipinski definition) is 3. The second kappa shape index (κ2) is 7.11. The number of ether oxygens (including phenoxy) is 1. The van der Waals surface area contributed by atoms with Crippen LogP contribution in [0.4, 0.5) is 5.69 Å². The van der Waals surface area contributed by atoms with Crippen LogP contribution < -0.4 is 15.4 Å². The lowest BCUT2D eigenvalue weighted by atomic mass is 10.0. The lowest BCUT2D eigenvalue weighted by Gasteiger charge is -2.26. The summed E-state index contributed by atoms with van der Waals surface area (Å²) in [6.07, 6.45) is 0.751. The van der Waals surface area contributed by atoms with Crippen LogP contribution in [-0.4, -0.2) is 19.1 Å². The molecule has 0 bridgehead atoms. The Morgan fingerprint density at radius 2 is 2.00 bits per heavy atom. The van der Waals surface area contributed by atoms with E-state index in [2.05, 4.69) is 10.6 Å². The standard InChI is InChI=1S/C17H16Cl2N2O2/c18-12-5-3-6-14(17(12)19)20-10-16(22)21-13-8-9-23-15-7-2-1-4-11(13)15/h1-7,13,20H,8-10H2,(H,21,22). The number of halogens is 2. The second-order valence-electron chi connectivity index (χ2n) is 5.25. The number of fused-ring (bicyclic) bond motifs is 1. The van der Waals surface area contributed by atoms with Crippen molar-refractivity contribution in [3.63, 3.8) is 0 Å². The molecule has 2 aromatic rings. The minimum Gasteiger partial charge on any atom is -0.493 e. The molecule has 0 saturated carbocycles. The number of hydrogen-bond donors (Lipinski definition) is 2. The molecule has 1 aliphatic rings. The van der Waals surface area contributed by atoms with Gasteiger partial charge in [0.1, 0.15) is 5.75 Å². The third-order valence-corrected chi connectivity index (χ3v) is 4.50. The zero-order valence-electron chi connectivity index (χ0n) is 12.3. The Morgan fingerprint density at radius 3 is 2.87 bits per heavy atom. The fourth-order valence-corrected chi connectivity index (χ4v) is 2.92. The molecule has 4 nitrogen and oxygen atoms in total. The van der Waals surface area contributed by atoms with Gasteiger partial charge in [0.15, 0.2) is 0 Å². The van der Waals surface area contributed by atoms with E-state index in [0.717, 1.165) is 17.7 Å². The molecule has 0 aliphatic carbocycles. The number of carbonyl (C=O) groups is 1. The number of carbonyl (C=O) groups excluding carboxylic acids is 1. The van der Waals surface area contributed by atoms with Gasteiger partial charge in [0.2, 0.25) is 5.91 Å². The average molecular weight is 351 g/mol. The van der Waals surface area contributed by atoms with Crippen LogP contribution in [-0.2, 0) is 4.79 Å². The zero-order chi connectivity index (χ0) is 16.2. The van der Waals surface area contributed by atoms with Gasteiger partial charge in [-0.15, -0.1) is 0 Å². The van der Waals surface area contributed by atoms with E-state index in [4.69, 9.17) is 27.9 Å². The number of amides is 1. The third kappa shape index (κ3) is 3.71. The van der Waals surface area contributed by atoms with Crippen molar-refractivity contribution in [2.24, 2.45) is 0 Å². The van der Waals surface area contributed by atoms with Crippen LogP contribution in [0.2, 0.25) is 10.0 Å². The van der Waals surface area contributed by atoms with E-state index in [-0.39, 0.29) is 18.5 Å². The molecule has 1 heterocycles. The first-order valence-corrected chi connectivity index (χ1v) is 8.09. The maximum atomic E-state index is 12.2. The van der Waals surface area contributed by atoms with E-state index in [1.807, 2.05) is 24.3 Å². The summed E-state index contributed by atoms with van der Waals surface area (Å²) in [5.41, 5.74) is 1.65. The second-order valence-corrected chi connectivity index (χ2v) is 6.04. The first-order valence-electron chi connectivity index (χ1n) is 7.34. The maximum absolute atomic E-state index is 12.2. The molecule has 2 aromatic carbocycles. The molecule has 6 heteroatoms. The molecule has 1 aliphatic heterocycles. The minimum atomic E-state index is -0.109. The van der Waals surface area contributed by atoms with Crippen LogP contribution in [0.1, 0.15) is 18.0 Å². The molecule has 0 spiro atoms. The lowest BCUT2D eigenvalue weighted by Crippen LogP contribution is -2.35. The van der Waals surface area contributed by atoms with Gasteiger partial charge >= 0.3 is 0 Å². The fraction of sp³-hybridized carbons (Fsp3) is 0.235. The highest BCUT2D eigenvalue weighted by molar-refractivity contribution is 6.43. The van der Waals surface area contributed by atoms with Gasteiger partial charge in [-0.05, 0) is 18.2 Å². The van der Waals surface area contributed by atoms with Crippen molar-refractivity contribution >= 4 is 34.8 Å². The highest BCUT2D eigenvalue weighted by atomic mass is 35.5. The Morgan fingerprint density at radius 1 is 1.17 bits per heavy atom. The van der Waals surface area contributed by atoms with Crippen molar-refractivity contribution in [2.75, 3.05) is 18.5 Å². The van der Waals surface area contributed by atoms with E-state index in [1.54, 1.807) is 18.2 Å². The molecule has 1 unspecified atom stereocenters. The van der Waals surface area contributed by atoms with Gasteiger partial charge in [-0.25, -0.2) is 0 Å². The highest BCUT2D eigenvalue weighted by Gasteiger charge is 2.22. The van der Waals surface area contributed by atoms with Crippen LogP contribution in [0.5, 0.6) is 5.75 Å². The third-order valence-electron chi connectivity index (χ3n) is 3.68. The molecular formula is C17H16Cl2N2O2. The Hall–Kier alpha value is -1.91. The summed E-state index contributed by atoms with van der Waals surface area (Å²) in [4.78, 5) is 12.2. The molecule has 3 rings (SSSR count). The van der Waals surface area contributed by atoms with Crippen LogP contribution in [0, 0.1) is 0 Å². The molecule has 0 aromatic heterocycles. The van der Waals surface area contributed by atoms with Gasteiger partial charge in [-0.2, -0.15) is 0 Å². The first kappa shape index (κ1) is 16.0. The van der Waals surface area contributed by atoms with Gasteiger partial charge in [0.05, 0.1) is 34.9 Å². The molecule has 0 saturated heterocycles. The van der Waals surface area contributed by atoms with Gasteiger partial charge in [0, 0.05) is 12.0 Å². The van der Waals surface area contributed by atoms with Crippen molar-refractivity contribution in [1.82, 2.24) is 5.32 Å². The number of nitrogens with one attached hydrogen (secondary N) is 2. The topological polar surface area (TPSA) is 50.4 Å². The van der Waals surface area contributed by atoms with Gasteiger partial charge in [-0.1, -0.05) is 47.5 Å². The first-order chi connectivity index (χ1) is 11.1. The summed E-state index contributed by atoms with van der Waals surface area (Å²) in [5.74, 6) is 0.720. The van der Waals surface area contributed by atoms with E-state index < -0.39 is 0 Å². The van der Waals surface area contributed by atoms with Crippen molar-refractivity contribution in [2.45, 2.75) is 12.5 Å². The summed E-state index contributed by atoms with van der Waals surface area (Å²) >= 11 is 12.0. The molecular weight excluding hydrogens is 335 g/mol. The number of para-hydroxylation sites is 1. The molecule has 1 atom stereocenters. The van der Waals surface area contributed by atoms with Crippen LogP contribution in [0.3, 0.4) is 0 Å². The lowest BCUT2D eigenvalue weighted by molar-refractivity contribution is -0.120. The van der Waals surface area contributed by atoms with E-state index >= 15 is 0 Å². The van der Waals surface area contributed by atoms with E-state index in [0.29, 0.717) is 22.3 Å².